The van der Waals surface area contributed by atoms with Crippen LogP contribution in [0.25, 0.3) is 11.4 Å². The molecule has 6 nitrogen and oxygen atoms in total. The molecule has 0 amide bonds. The van der Waals surface area contributed by atoms with Gasteiger partial charge in [0.15, 0.2) is 0 Å². The largest absolute Gasteiger partial charge is 0.477 e. The van der Waals surface area contributed by atoms with E-state index in [1.54, 1.807) is 31.4 Å². The standard InChI is InChI=1S/C10H10N4O2/c1-14-9(11)7(10(15)16)8(13-14)6-4-2-3-5-12-6/h2-5H,11H2,1H3,(H,15,16). The summed E-state index contributed by atoms with van der Waals surface area (Å²) in [6, 6.07) is 5.20. The molecular formula is C10H10N4O2. The number of aromatic nitrogens is 3. The van der Waals surface area contributed by atoms with Gasteiger partial charge < -0.3 is 10.8 Å². The van der Waals surface area contributed by atoms with E-state index >= 15 is 0 Å². The highest BCUT2D eigenvalue weighted by molar-refractivity contribution is 5.99. The van der Waals surface area contributed by atoms with Gasteiger partial charge in [0.1, 0.15) is 17.1 Å². The van der Waals surface area contributed by atoms with Crippen LogP contribution < -0.4 is 5.73 Å². The normalized spacial score (nSPS) is 10.3. The molecule has 0 spiro atoms. The Morgan fingerprint density at radius 2 is 2.25 bits per heavy atom. The smallest absolute Gasteiger partial charge is 0.341 e. The zero-order valence-electron chi connectivity index (χ0n) is 8.58. The van der Waals surface area contributed by atoms with Gasteiger partial charge in [-0.1, -0.05) is 6.07 Å². The fourth-order valence-electron chi connectivity index (χ4n) is 1.43. The molecule has 0 saturated heterocycles. The number of nitrogens with zero attached hydrogens (tertiary/aromatic N) is 3. The van der Waals surface area contributed by atoms with Crippen molar-refractivity contribution < 1.29 is 9.90 Å². The van der Waals surface area contributed by atoms with Gasteiger partial charge in [-0.25, -0.2) is 4.79 Å². The second-order valence-corrected chi connectivity index (χ2v) is 3.25. The first kappa shape index (κ1) is 10.2. The quantitative estimate of drug-likeness (QED) is 0.776. The lowest BCUT2D eigenvalue weighted by atomic mass is 10.1. The minimum absolute atomic E-state index is 0.0128. The number of hydrogen-bond donors (Lipinski definition) is 2. The summed E-state index contributed by atoms with van der Waals surface area (Å²) >= 11 is 0. The fourth-order valence-corrected chi connectivity index (χ4v) is 1.43. The van der Waals surface area contributed by atoms with Crippen molar-refractivity contribution in [3.63, 3.8) is 0 Å². The van der Waals surface area contributed by atoms with Gasteiger partial charge in [-0.3, -0.25) is 9.67 Å². The number of carbonyl (C=O) groups is 1. The molecule has 0 aromatic carbocycles. The average Bonchev–Trinajstić information content (AvgIpc) is 2.57. The molecule has 3 N–H and O–H groups in total. The summed E-state index contributed by atoms with van der Waals surface area (Å²) < 4.78 is 1.33. The highest BCUT2D eigenvalue weighted by atomic mass is 16.4. The van der Waals surface area contributed by atoms with E-state index < -0.39 is 5.97 Å². The molecular weight excluding hydrogens is 208 g/mol. The zero-order chi connectivity index (χ0) is 11.7. The highest BCUT2D eigenvalue weighted by Gasteiger charge is 2.21. The van der Waals surface area contributed by atoms with Crippen molar-refractivity contribution in [2.75, 3.05) is 5.73 Å². The van der Waals surface area contributed by atoms with E-state index in [4.69, 9.17) is 10.8 Å². The topological polar surface area (TPSA) is 94.0 Å². The molecule has 0 unspecified atom stereocenters. The van der Waals surface area contributed by atoms with Crippen LogP contribution in [0.1, 0.15) is 10.4 Å². The van der Waals surface area contributed by atoms with Crippen LogP contribution in [-0.2, 0) is 7.05 Å². The number of carboxylic acids is 1. The lowest BCUT2D eigenvalue weighted by Gasteiger charge is -1.97. The van der Waals surface area contributed by atoms with Crippen LogP contribution in [0.15, 0.2) is 24.4 Å². The molecule has 0 fully saturated rings. The van der Waals surface area contributed by atoms with Crippen LogP contribution in [0, 0.1) is 0 Å². The first-order chi connectivity index (χ1) is 7.61. The first-order valence-electron chi connectivity index (χ1n) is 4.58. The summed E-state index contributed by atoms with van der Waals surface area (Å²) in [4.78, 5) is 15.1. The van der Waals surface area contributed by atoms with E-state index in [-0.39, 0.29) is 17.1 Å². The van der Waals surface area contributed by atoms with Crippen LogP contribution in [0.4, 0.5) is 5.82 Å². The number of rotatable bonds is 2. The first-order valence-corrected chi connectivity index (χ1v) is 4.58. The minimum Gasteiger partial charge on any atom is -0.477 e. The van der Waals surface area contributed by atoms with Gasteiger partial charge in [0.2, 0.25) is 0 Å². The summed E-state index contributed by atoms with van der Waals surface area (Å²) in [7, 11) is 1.59. The van der Waals surface area contributed by atoms with Crippen LogP contribution in [0.5, 0.6) is 0 Å². The Bertz CT molecular complexity index is 533. The predicted molar refractivity (Wildman–Crippen MR) is 57.8 cm³/mol. The van der Waals surface area contributed by atoms with Crippen molar-refractivity contribution in [2.24, 2.45) is 7.05 Å². The number of hydrogen-bond acceptors (Lipinski definition) is 4. The molecule has 82 valence electrons. The van der Waals surface area contributed by atoms with Gasteiger partial charge in [-0.2, -0.15) is 5.10 Å². The summed E-state index contributed by atoms with van der Waals surface area (Å²) in [6.45, 7) is 0. The van der Waals surface area contributed by atoms with E-state index in [0.29, 0.717) is 5.69 Å². The Hall–Kier alpha value is -2.37. The average molecular weight is 218 g/mol. The van der Waals surface area contributed by atoms with Gasteiger partial charge in [-0.05, 0) is 12.1 Å². The van der Waals surface area contributed by atoms with Crippen molar-refractivity contribution in [3.05, 3.63) is 30.0 Å². The van der Waals surface area contributed by atoms with Crippen molar-refractivity contribution in [3.8, 4) is 11.4 Å². The molecule has 2 rings (SSSR count). The van der Waals surface area contributed by atoms with Crippen molar-refractivity contribution in [1.29, 1.82) is 0 Å². The number of nitrogen functional groups attached to an aromatic ring is 1. The Morgan fingerprint density at radius 3 is 2.81 bits per heavy atom. The molecule has 0 aliphatic rings. The third kappa shape index (κ3) is 1.50. The SMILES string of the molecule is Cn1nc(-c2ccccn2)c(C(=O)O)c1N. The van der Waals surface area contributed by atoms with Crippen molar-refractivity contribution >= 4 is 11.8 Å². The molecule has 0 bridgehead atoms. The van der Waals surface area contributed by atoms with Crippen molar-refractivity contribution in [1.82, 2.24) is 14.8 Å². The monoisotopic (exact) mass is 218 g/mol. The Morgan fingerprint density at radius 1 is 1.50 bits per heavy atom. The molecule has 0 radical (unpaired) electrons. The van der Waals surface area contributed by atoms with E-state index in [0.717, 1.165) is 0 Å². The van der Waals surface area contributed by atoms with Gasteiger partial charge >= 0.3 is 5.97 Å². The van der Waals surface area contributed by atoms with Crippen molar-refractivity contribution in [2.45, 2.75) is 0 Å². The number of aryl methyl sites for hydroxylation is 1. The maximum Gasteiger partial charge on any atom is 0.341 e. The van der Waals surface area contributed by atoms with Crippen LogP contribution in [0.2, 0.25) is 0 Å². The highest BCUT2D eigenvalue weighted by Crippen LogP contribution is 2.24. The summed E-state index contributed by atoms with van der Waals surface area (Å²) in [5, 5.41) is 13.1. The van der Waals surface area contributed by atoms with E-state index in [1.165, 1.54) is 4.68 Å². The number of anilines is 1. The van der Waals surface area contributed by atoms with E-state index in [9.17, 15) is 4.79 Å². The number of aromatic carboxylic acids is 1. The minimum atomic E-state index is -1.11. The molecule has 0 saturated carbocycles. The molecule has 0 aliphatic heterocycles. The number of carboxylic acid groups (broad SMARTS) is 1. The number of pyridine rings is 1. The van der Waals surface area contributed by atoms with E-state index in [1.807, 2.05) is 0 Å². The molecule has 2 aromatic rings. The summed E-state index contributed by atoms with van der Waals surface area (Å²) in [5.41, 5.74) is 6.40. The van der Waals surface area contributed by atoms with Crippen LogP contribution >= 0.6 is 0 Å². The lowest BCUT2D eigenvalue weighted by molar-refractivity contribution is 0.0699. The maximum absolute atomic E-state index is 11.1. The molecule has 2 aromatic heterocycles. The maximum atomic E-state index is 11.1. The number of nitrogens with two attached hydrogens (primary N) is 1. The second-order valence-electron chi connectivity index (χ2n) is 3.25. The van der Waals surface area contributed by atoms with Gasteiger partial charge in [0.25, 0.3) is 0 Å². The Balaban J connectivity index is 2.66. The molecule has 0 atom stereocenters. The van der Waals surface area contributed by atoms with Gasteiger partial charge in [0.05, 0.1) is 5.69 Å². The Kier molecular flexibility index (Phi) is 2.32. The third-order valence-electron chi connectivity index (χ3n) is 2.21. The van der Waals surface area contributed by atoms with Gasteiger partial charge in [0, 0.05) is 13.2 Å². The second kappa shape index (κ2) is 3.65. The lowest BCUT2D eigenvalue weighted by Crippen LogP contribution is -2.04. The van der Waals surface area contributed by atoms with E-state index in [2.05, 4.69) is 10.1 Å². The third-order valence-corrected chi connectivity index (χ3v) is 2.21. The molecule has 2 heterocycles. The van der Waals surface area contributed by atoms with Gasteiger partial charge in [-0.15, -0.1) is 0 Å². The van der Waals surface area contributed by atoms with Crippen LogP contribution in [0.3, 0.4) is 0 Å². The Labute approximate surface area is 91.3 Å². The molecule has 16 heavy (non-hydrogen) atoms. The zero-order valence-corrected chi connectivity index (χ0v) is 8.58. The molecule has 6 heteroatoms. The summed E-state index contributed by atoms with van der Waals surface area (Å²) in [6.07, 6.45) is 1.58. The summed E-state index contributed by atoms with van der Waals surface area (Å²) in [5.74, 6) is -0.987. The van der Waals surface area contributed by atoms with Crippen LogP contribution in [-0.4, -0.2) is 25.8 Å². The predicted octanol–water partition coefficient (Wildman–Crippen LogP) is 0.762. The molecule has 0 aliphatic carbocycles. The fraction of sp³-hybridized carbons (Fsp3) is 0.100.